The highest BCUT2D eigenvalue weighted by Gasteiger charge is 2.35. The number of anilines is 1. The molecule has 0 heterocycles. The van der Waals surface area contributed by atoms with E-state index in [1.807, 2.05) is 51.1 Å². The van der Waals surface area contributed by atoms with E-state index in [-0.39, 0.29) is 35.4 Å². The number of benzene rings is 4. The predicted octanol–water partition coefficient (Wildman–Crippen LogP) is 6.65. The molecule has 0 unspecified atom stereocenters. The maximum absolute atomic E-state index is 14.6. The SMILES string of the molecule is CCOc1ccccc1N(CC(=O)N(Cc1ccc(Cl)cc1)[C@H](Cc1ccccc1)C(=O)NCC(C)C)S(=O)(=O)c1ccc(C)cc1. The van der Waals surface area contributed by atoms with Gasteiger partial charge in [0.25, 0.3) is 10.0 Å². The van der Waals surface area contributed by atoms with Crippen molar-refractivity contribution < 1.29 is 22.7 Å². The fraction of sp³-hybridized carbons (Fsp3) is 0.297. The number of aryl methyl sites for hydroxylation is 1. The van der Waals surface area contributed by atoms with Gasteiger partial charge >= 0.3 is 0 Å². The van der Waals surface area contributed by atoms with Crippen molar-refractivity contribution in [2.45, 2.75) is 51.6 Å². The first-order valence-corrected chi connectivity index (χ1v) is 17.5. The minimum atomic E-state index is -4.26. The van der Waals surface area contributed by atoms with Gasteiger partial charge in [0, 0.05) is 24.5 Å². The smallest absolute Gasteiger partial charge is 0.264 e. The quantitative estimate of drug-likeness (QED) is 0.152. The third-order valence-electron chi connectivity index (χ3n) is 7.54. The van der Waals surface area contributed by atoms with Gasteiger partial charge in [0.1, 0.15) is 18.3 Å². The predicted molar refractivity (Wildman–Crippen MR) is 187 cm³/mol. The summed E-state index contributed by atoms with van der Waals surface area (Å²) in [5, 5.41) is 3.53. The molecular weight excluding hydrogens is 634 g/mol. The highest BCUT2D eigenvalue weighted by atomic mass is 35.5. The monoisotopic (exact) mass is 675 g/mol. The molecule has 0 spiro atoms. The lowest BCUT2D eigenvalue weighted by molar-refractivity contribution is -0.140. The van der Waals surface area contributed by atoms with Crippen LogP contribution in [-0.4, -0.2) is 50.9 Å². The van der Waals surface area contributed by atoms with Gasteiger partial charge in [-0.1, -0.05) is 97.7 Å². The molecule has 0 aliphatic heterocycles. The van der Waals surface area contributed by atoms with Gasteiger partial charge in [-0.15, -0.1) is 0 Å². The van der Waals surface area contributed by atoms with E-state index in [1.54, 1.807) is 67.6 Å². The molecule has 2 amide bonds. The van der Waals surface area contributed by atoms with Crippen LogP contribution in [0, 0.1) is 12.8 Å². The zero-order valence-electron chi connectivity index (χ0n) is 27.2. The Bertz CT molecular complexity index is 1730. The molecule has 0 bridgehead atoms. The summed E-state index contributed by atoms with van der Waals surface area (Å²) in [7, 11) is -4.26. The van der Waals surface area contributed by atoms with Gasteiger partial charge in [0.15, 0.2) is 0 Å². The Morgan fingerprint density at radius 1 is 0.851 bits per heavy atom. The highest BCUT2D eigenvalue weighted by molar-refractivity contribution is 7.92. The molecule has 4 aromatic rings. The summed E-state index contributed by atoms with van der Waals surface area (Å²) in [6, 6.07) is 28.7. The minimum absolute atomic E-state index is 0.0296. The van der Waals surface area contributed by atoms with E-state index >= 15 is 0 Å². The fourth-order valence-corrected chi connectivity index (χ4v) is 6.61. The first-order chi connectivity index (χ1) is 22.5. The normalized spacial score (nSPS) is 12.0. The Morgan fingerprint density at radius 3 is 2.13 bits per heavy atom. The van der Waals surface area contributed by atoms with E-state index in [4.69, 9.17) is 16.3 Å². The third-order valence-corrected chi connectivity index (χ3v) is 9.57. The molecule has 1 N–H and O–H groups in total. The van der Waals surface area contributed by atoms with E-state index in [9.17, 15) is 18.0 Å². The van der Waals surface area contributed by atoms with Crippen molar-refractivity contribution in [2.75, 3.05) is 24.0 Å². The summed E-state index contributed by atoms with van der Waals surface area (Å²) in [6.07, 6.45) is 0.227. The summed E-state index contributed by atoms with van der Waals surface area (Å²) < 4.78 is 35.6. The Labute approximate surface area is 283 Å². The number of nitrogens with one attached hydrogen (secondary N) is 1. The molecule has 248 valence electrons. The second-order valence-corrected chi connectivity index (χ2v) is 14.0. The number of rotatable bonds is 15. The van der Waals surface area contributed by atoms with Crippen LogP contribution in [0.4, 0.5) is 5.69 Å². The Morgan fingerprint density at radius 2 is 1.49 bits per heavy atom. The van der Waals surface area contributed by atoms with Crippen LogP contribution in [-0.2, 0) is 32.6 Å². The van der Waals surface area contributed by atoms with Gasteiger partial charge in [0.2, 0.25) is 11.8 Å². The van der Waals surface area contributed by atoms with Crippen LogP contribution in [0.5, 0.6) is 5.75 Å². The zero-order valence-corrected chi connectivity index (χ0v) is 28.8. The largest absolute Gasteiger partial charge is 0.492 e. The van der Waals surface area contributed by atoms with Crippen LogP contribution in [0.3, 0.4) is 0 Å². The zero-order chi connectivity index (χ0) is 34.0. The number of hydrogen-bond donors (Lipinski definition) is 1. The number of ether oxygens (including phenoxy) is 1. The first-order valence-electron chi connectivity index (χ1n) is 15.7. The van der Waals surface area contributed by atoms with Crippen molar-refractivity contribution in [1.82, 2.24) is 10.2 Å². The number of halogens is 1. The third kappa shape index (κ3) is 9.59. The van der Waals surface area contributed by atoms with Crippen molar-refractivity contribution in [3.63, 3.8) is 0 Å². The lowest BCUT2D eigenvalue weighted by Crippen LogP contribution is -2.53. The number of hydrogen-bond acceptors (Lipinski definition) is 5. The number of carbonyl (C=O) groups is 2. The van der Waals surface area contributed by atoms with Crippen molar-refractivity contribution in [2.24, 2.45) is 5.92 Å². The topological polar surface area (TPSA) is 96.0 Å². The van der Waals surface area contributed by atoms with Crippen molar-refractivity contribution >= 4 is 39.1 Å². The van der Waals surface area contributed by atoms with Gasteiger partial charge in [-0.25, -0.2) is 8.42 Å². The van der Waals surface area contributed by atoms with Crippen LogP contribution in [0.1, 0.15) is 37.5 Å². The number of amides is 2. The number of carbonyl (C=O) groups excluding carboxylic acids is 2. The number of para-hydroxylation sites is 2. The van der Waals surface area contributed by atoms with Crippen LogP contribution in [0.2, 0.25) is 5.02 Å². The second kappa shape index (κ2) is 16.5. The Hall–Kier alpha value is -4.34. The average Bonchev–Trinajstić information content (AvgIpc) is 3.06. The molecule has 0 saturated carbocycles. The molecule has 0 aliphatic carbocycles. The Kier molecular flexibility index (Phi) is 12.4. The molecule has 4 rings (SSSR count). The lowest BCUT2D eigenvalue weighted by Gasteiger charge is -2.34. The molecule has 0 aromatic heterocycles. The minimum Gasteiger partial charge on any atom is -0.492 e. The van der Waals surface area contributed by atoms with Crippen molar-refractivity contribution in [3.8, 4) is 5.75 Å². The molecule has 0 radical (unpaired) electrons. The van der Waals surface area contributed by atoms with Crippen molar-refractivity contribution in [3.05, 3.63) is 125 Å². The highest BCUT2D eigenvalue weighted by Crippen LogP contribution is 2.33. The van der Waals surface area contributed by atoms with E-state index in [2.05, 4.69) is 5.32 Å². The first kappa shape index (κ1) is 35.5. The van der Waals surface area contributed by atoms with Gasteiger partial charge < -0.3 is 15.0 Å². The van der Waals surface area contributed by atoms with Crippen LogP contribution < -0.4 is 14.4 Å². The molecule has 8 nitrogen and oxygen atoms in total. The average molecular weight is 676 g/mol. The van der Waals surface area contributed by atoms with E-state index in [1.165, 1.54) is 17.0 Å². The summed E-state index contributed by atoms with van der Waals surface area (Å²) >= 11 is 6.17. The summed E-state index contributed by atoms with van der Waals surface area (Å²) in [6.45, 7) is 7.85. The van der Waals surface area contributed by atoms with Gasteiger partial charge in [-0.05, 0) is 67.3 Å². The Balaban J connectivity index is 1.83. The van der Waals surface area contributed by atoms with Crippen molar-refractivity contribution in [1.29, 1.82) is 0 Å². The lowest BCUT2D eigenvalue weighted by atomic mass is 10.0. The summed E-state index contributed by atoms with van der Waals surface area (Å²) in [5.41, 5.74) is 2.71. The van der Waals surface area contributed by atoms with Gasteiger partial charge in [-0.3, -0.25) is 13.9 Å². The van der Waals surface area contributed by atoms with Crippen LogP contribution in [0.25, 0.3) is 0 Å². The molecule has 0 fully saturated rings. The van der Waals surface area contributed by atoms with Gasteiger partial charge in [0.05, 0.1) is 17.2 Å². The van der Waals surface area contributed by atoms with E-state index in [0.717, 1.165) is 21.0 Å². The van der Waals surface area contributed by atoms with E-state index < -0.39 is 28.5 Å². The van der Waals surface area contributed by atoms with Crippen LogP contribution >= 0.6 is 11.6 Å². The molecular formula is C37H42ClN3O5S. The molecule has 47 heavy (non-hydrogen) atoms. The summed E-state index contributed by atoms with van der Waals surface area (Å²) in [5.74, 6) is -0.379. The maximum Gasteiger partial charge on any atom is 0.264 e. The molecule has 10 heteroatoms. The molecule has 4 aromatic carbocycles. The fourth-order valence-electron chi connectivity index (χ4n) is 5.05. The number of nitrogens with zero attached hydrogens (tertiary/aromatic N) is 2. The molecule has 1 atom stereocenters. The summed E-state index contributed by atoms with van der Waals surface area (Å²) in [4.78, 5) is 30.1. The van der Waals surface area contributed by atoms with E-state index in [0.29, 0.717) is 23.9 Å². The number of sulfonamides is 1. The van der Waals surface area contributed by atoms with Crippen LogP contribution in [0.15, 0.2) is 108 Å². The molecule has 0 saturated heterocycles. The second-order valence-electron chi connectivity index (χ2n) is 11.7. The standard InChI is InChI=1S/C37H42ClN3O5S/c1-5-46-35-14-10-9-13-33(35)41(47(44,45)32-21-15-28(4)16-22-32)26-36(42)40(25-30-17-19-31(38)20-18-30)34(37(43)39-24-27(2)3)23-29-11-7-6-8-12-29/h6-22,27,34H,5,23-26H2,1-4H3,(H,39,43)/t34-/m1/s1. The van der Waals surface area contributed by atoms with Gasteiger partial charge in [-0.2, -0.15) is 0 Å². The molecule has 0 aliphatic rings. The maximum atomic E-state index is 14.6.